The largest absolute Gasteiger partial charge is 0.288 e. The second kappa shape index (κ2) is 7.50. The van der Waals surface area contributed by atoms with Crippen LogP contribution in [0.5, 0.6) is 0 Å². The molecule has 2 heteroatoms. The van der Waals surface area contributed by atoms with Crippen molar-refractivity contribution in [2.24, 2.45) is 0 Å². The van der Waals surface area contributed by atoms with E-state index in [1.165, 1.54) is 27.8 Å². The van der Waals surface area contributed by atoms with E-state index in [1.807, 2.05) is 6.07 Å². The lowest BCUT2D eigenvalue weighted by molar-refractivity contribution is 0.183. The number of nitrogens with zero attached hydrogens (tertiary/aromatic N) is 2. The minimum atomic E-state index is 0.319. The maximum Gasteiger partial charge on any atom is 0.0731 e. The van der Waals surface area contributed by atoms with Crippen LogP contribution < -0.4 is 0 Å². The Labute approximate surface area is 162 Å². The molecule has 4 rings (SSSR count). The topological polar surface area (TPSA) is 16.1 Å². The molecule has 2 atom stereocenters. The first kappa shape index (κ1) is 17.7. The van der Waals surface area contributed by atoms with E-state index in [0.717, 1.165) is 12.1 Å². The third kappa shape index (κ3) is 3.45. The van der Waals surface area contributed by atoms with Gasteiger partial charge in [-0.3, -0.25) is 9.88 Å². The molecule has 0 saturated heterocycles. The standard InChI is InChI=1S/C25H26N2/c1-18-14-15-23(27(3)25(18)21-12-8-5-9-13-21)22-16-19(2)24(26-17-22)20-10-6-4-7-11-20/h4-14,16-17,23,25H,15H2,1-3H3/t23-,25+/m1/s1. The van der Waals surface area contributed by atoms with Gasteiger partial charge in [0.1, 0.15) is 0 Å². The van der Waals surface area contributed by atoms with Crippen molar-refractivity contribution in [1.29, 1.82) is 0 Å². The maximum atomic E-state index is 4.83. The zero-order chi connectivity index (χ0) is 18.8. The van der Waals surface area contributed by atoms with Gasteiger partial charge >= 0.3 is 0 Å². The van der Waals surface area contributed by atoms with Crippen molar-refractivity contribution in [3.8, 4) is 11.3 Å². The predicted octanol–water partition coefficient (Wildman–Crippen LogP) is 6.12. The van der Waals surface area contributed by atoms with Gasteiger partial charge in [-0.2, -0.15) is 0 Å². The van der Waals surface area contributed by atoms with E-state index >= 15 is 0 Å². The average molecular weight is 354 g/mol. The zero-order valence-corrected chi connectivity index (χ0v) is 16.3. The van der Waals surface area contributed by atoms with E-state index < -0.39 is 0 Å². The normalized spacial score (nSPS) is 20.3. The Morgan fingerprint density at radius 3 is 2.22 bits per heavy atom. The molecule has 2 heterocycles. The predicted molar refractivity (Wildman–Crippen MR) is 112 cm³/mol. The molecule has 27 heavy (non-hydrogen) atoms. The molecule has 0 aliphatic carbocycles. The van der Waals surface area contributed by atoms with Crippen molar-refractivity contribution in [3.63, 3.8) is 0 Å². The Bertz CT molecular complexity index is 945. The molecular formula is C25H26N2. The Morgan fingerprint density at radius 1 is 0.889 bits per heavy atom. The highest BCUT2D eigenvalue weighted by molar-refractivity contribution is 5.63. The number of pyridine rings is 1. The van der Waals surface area contributed by atoms with Crippen molar-refractivity contribution >= 4 is 0 Å². The molecule has 136 valence electrons. The molecule has 0 unspecified atom stereocenters. The highest BCUT2D eigenvalue weighted by Crippen LogP contribution is 2.40. The quantitative estimate of drug-likeness (QED) is 0.527. The lowest BCUT2D eigenvalue weighted by Gasteiger charge is -2.39. The van der Waals surface area contributed by atoms with E-state index in [-0.39, 0.29) is 0 Å². The van der Waals surface area contributed by atoms with Crippen LogP contribution in [0, 0.1) is 6.92 Å². The monoisotopic (exact) mass is 354 g/mol. The van der Waals surface area contributed by atoms with Crippen molar-refractivity contribution in [3.05, 3.63) is 101 Å². The molecule has 2 nitrogen and oxygen atoms in total. The zero-order valence-electron chi connectivity index (χ0n) is 16.3. The van der Waals surface area contributed by atoms with E-state index in [9.17, 15) is 0 Å². The number of aromatic nitrogens is 1. The molecule has 2 aromatic carbocycles. The van der Waals surface area contributed by atoms with Crippen molar-refractivity contribution in [2.75, 3.05) is 7.05 Å². The summed E-state index contributed by atoms with van der Waals surface area (Å²) in [5.41, 5.74) is 7.55. The number of aryl methyl sites for hydroxylation is 1. The number of hydrogen-bond acceptors (Lipinski definition) is 2. The van der Waals surface area contributed by atoms with Gasteiger partial charge in [0.15, 0.2) is 0 Å². The lowest BCUT2D eigenvalue weighted by Crippen LogP contribution is -2.33. The molecule has 1 aliphatic heterocycles. The third-order valence-corrected chi connectivity index (χ3v) is 5.64. The third-order valence-electron chi connectivity index (χ3n) is 5.64. The number of benzene rings is 2. The SMILES string of the molecule is CC1=CC[C@H](c2cnc(-c3ccccc3)c(C)c2)N(C)[C@@H]1c1ccccc1. The molecule has 0 amide bonds. The first-order valence-corrected chi connectivity index (χ1v) is 9.60. The van der Waals surface area contributed by atoms with Crippen molar-refractivity contribution in [1.82, 2.24) is 9.88 Å². The molecule has 0 bridgehead atoms. The fourth-order valence-electron chi connectivity index (χ4n) is 4.26. The van der Waals surface area contributed by atoms with Gasteiger partial charge in [0.05, 0.1) is 11.7 Å². The van der Waals surface area contributed by atoms with Crippen LogP contribution in [0.2, 0.25) is 0 Å². The van der Waals surface area contributed by atoms with Crippen molar-refractivity contribution < 1.29 is 0 Å². The second-order valence-electron chi connectivity index (χ2n) is 7.48. The molecule has 3 aromatic rings. The van der Waals surface area contributed by atoms with Crippen LogP contribution in [0.4, 0.5) is 0 Å². The summed E-state index contributed by atoms with van der Waals surface area (Å²) in [5.74, 6) is 0. The minimum Gasteiger partial charge on any atom is -0.288 e. The second-order valence-corrected chi connectivity index (χ2v) is 7.48. The van der Waals surface area contributed by atoms with Gasteiger partial charge < -0.3 is 0 Å². The van der Waals surface area contributed by atoms with Crippen LogP contribution in [0.1, 0.15) is 42.1 Å². The average Bonchev–Trinajstić information content (AvgIpc) is 2.69. The van der Waals surface area contributed by atoms with Gasteiger partial charge in [-0.25, -0.2) is 0 Å². The molecule has 0 spiro atoms. The van der Waals surface area contributed by atoms with E-state index in [2.05, 4.69) is 98.7 Å². The van der Waals surface area contributed by atoms with Gasteiger partial charge in [0, 0.05) is 17.8 Å². The fraction of sp³-hybridized carbons (Fsp3) is 0.240. The number of hydrogen-bond donors (Lipinski definition) is 0. The first-order valence-electron chi connectivity index (χ1n) is 9.60. The highest BCUT2D eigenvalue weighted by atomic mass is 15.2. The van der Waals surface area contributed by atoms with E-state index in [1.54, 1.807) is 0 Å². The summed E-state index contributed by atoms with van der Waals surface area (Å²) in [7, 11) is 2.24. The number of rotatable bonds is 3. The molecule has 1 aliphatic rings. The van der Waals surface area contributed by atoms with Crippen LogP contribution in [-0.2, 0) is 0 Å². The summed E-state index contributed by atoms with van der Waals surface area (Å²) in [4.78, 5) is 7.32. The maximum absolute atomic E-state index is 4.83. The van der Waals surface area contributed by atoms with Crippen molar-refractivity contribution in [2.45, 2.75) is 32.4 Å². The number of likely N-dealkylation sites (N-methyl/N-ethyl adjacent to an activating group) is 1. The van der Waals surface area contributed by atoms with Gasteiger partial charge in [-0.1, -0.05) is 78.4 Å². The van der Waals surface area contributed by atoms with E-state index in [4.69, 9.17) is 4.98 Å². The Hall–Kier alpha value is -2.71. The van der Waals surface area contributed by atoms with Crippen LogP contribution >= 0.6 is 0 Å². The summed E-state index contributed by atoms with van der Waals surface area (Å²) in [6.07, 6.45) is 5.48. The minimum absolute atomic E-state index is 0.319. The highest BCUT2D eigenvalue weighted by Gasteiger charge is 2.30. The molecule has 1 aromatic heterocycles. The molecule has 0 N–H and O–H groups in total. The summed E-state index contributed by atoms with van der Waals surface area (Å²) in [6.45, 7) is 4.41. The Morgan fingerprint density at radius 2 is 1.56 bits per heavy atom. The fourth-order valence-corrected chi connectivity index (χ4v) is 4.26. The summed E-state index contributed by atoms with van der Waals surface area (Å²) >= 11 is 0. The smallest absolute Gasteiger partial charge is 0.0731 e. The van der Waals surface area contributed by atoms with Gasteiger partial charge in [-0.05, 0) is 44.0 Å². The molecule has 0 saturated carbocycles. The van der Waals surface area contributed by atoms with Crippen LogP contribution in [0.15, 0.2) is 84.6 Å². The van der Waals surface area contributed by atoms with Crippen LogP contribution in [0.25, 0.3) is 11.3 Å². The van der Waals surface area contributed by atoms with E-state index in [0.29, 0.717) is 12.1 Å². The summed E-state index contributed by atoms with van der Waals surface area (Å²) in [5, 5.41) is 0. The molecule has 0 fully saturated rings. The van der Waals surface area contributed by atoms with Crippen LogP contribution in [0.3, 0.4) is 0 Å². The van der Waals surface area contributed by atoms with Gasteiger partial charge in [0.25, 0.3) is 0 Å². The first-order chi connectivity index (χ1) is 13.1. The molecule has 0 radical (unpaired) electrons. The summed E-state index contributed by atoms with van der Waals surface area (Å²) in [6, 6.07) is 24.2. The lowest BCUT2D eigenvalue weighted by atomic mass is 9.88. The van der Waals surface area contributed by atoms with Crippen LogP contribution in [-0.4, -0.2) is 16.9 Å². The van der Waals surface area contributed by atoms with Gasteiger partial charge in [-0.15, -0.1) is 0 Å². The Kier molecular flexibility index (Phi) is 4.91. The molecular weight excluding hydrogens is 328 g/mol. The summed E-state index contributed by atoms with van der Waals surface area (Å²) < 4.78 is 0. The Balaban J connectivity index is 1.67. The van der Waals surface area contributed by atoms with Gasteiger partial charge in [0.2, 0.25) is 0 Å².